The van der Waals surface area contributed by atoms with Crippen LogP contribution in [0.4, 0.5) is 4.79 Å². The van der Waals surface area contributed by atoms with E-state index >= 15 is 0 Å². The maximum atomic E-state index is 13.8. The van der Waals surface area contributed by atoms with Crippen LogP contribution in [0, 0.1) is 13.8 Å². The van der Waals surface area contributed by atoms with Gasteiger partial charge in [-0.15, -0.1) is 0 Å². The third-order valence-electron chi connectivity index (χ3n) is 6.70. The smallest absolute Gasteiger partial charge is 0.407 e. The van der Waals surface area contributed by atoms with E-state index in [-0.39, 0.29) is 5.91 Å². The fourth-order valence-electron chi connectivity index (χ4n) is 4.54. The first-order chi connectivity index (χ1) is 20.3. The summed E-state index contributed by atoms with van der Waals surface area (Å²) in [5, 5.41) is 8.25. The third kappa shape index (κ3) is 8.22. The predicted molar refractivity (Wildman–Crippen MR) is 168 cm³/mol. The molecule has 0 atom stereocenters. The van der Waals surface area contributed by atoms with Crippen molar-refractivity contribution in [1.82, 2.24) is 30.0 Å². The van der Waals surface area contributed by atoms with Crippen molar-refractivity contribution in [3.05, 3.63) is 70.1 Å². The van der Waals surface area contributed by atoms with Crippen LogP contribution in [-0.4, -0.2) is 62.4 Å². The van der Waals surface area contributed by atoms with Gasteiger partial charge in [0.05, 0.1) is 18.3 Å². The molecular formula is C32H39ClN6O4. The van der Waals surface area contributed by atoms with E-state index in [1.807, 2.05) is 64.4 Å². The van der Waals surface area contributed by atoms with Crippen molar-refractivity contribution < 1.29 is 19.1 Å². The summed E-state index contributed by atoms with van der Waals surface area (Å²) in [6.07, 6.45) is 1.90. The summed E-state index contributed by atoms with van der Waals surface area (Å²) in [7, 11) is 1.76. The molecule has 0 saturated heterocycles. The number of nitrogens with zero attached hydrogens (tertiary/aromatic N) is 5. The highest BCUT2D eigenvalue weighted by Gasteiger charge is 2.22. The number of fused-ring (bicyclic) bond motifs is 1. The molecule has 4 aromatic rings. The molecule has 228 valence electrons. The minimum Gasteiger partial charge on any atom is -0.493 e. The zero-order valence-corrected chi connectivity index (χ0v) is 26.6. The molecule has 0 spiro atoms. The van der Waals surface area contributed by atoms with Gasteiger partial charge in [0.1, 0.15) is 17.0 Å². The van der Waals surface area contributed by atoms with Crippen LogP contribution in [0.5, 0.6) is 5.75 Å². The highest BCUT2D eigenvalue weighted by Crippen LogP contribution is 2.29. The van der Waals surface area contributed by atoms with Crippen molar-refractivity contribution in [2.75, 3.05) is 20.2 Å². The van der Waals surface area contributed by atoms with Gasteiger partial charge >= 0.3 is 6.09 Å². The quantitative estimate of drug-likeness (QED) is 0.209. The lowest BCUT2D eigenvalue weighted by atomic mass is 10.1. The molecule has 0 aliphatic heterocycles. The van der Waals surface area contributed by atoms with Crippen LogP contribution in [-0.2, 0) is 17.8 Å². The summed E-state index contributed by atoms with van der Waals surface area (Å²) in [5.74, 6) is 0.668. The second-order valence-corrected chi connectivity index (χ2v) is 11.9. The van der Waals surface area contributed by atoms with Gasteiger partial charge in [-0.3, -0.25) is 9.48 Å². The van der Waals surface area contributed by atoms with E-state index in [9.17, 15) is 9.59 Å². The van der Waals surface area contributed by atoms with Crippen molar-refractivity contribution in [3.8, 4) is 17.1 Å². The maximum absolute atomic E-state index is 13.8. The van der Waals surface area contributed by atoms with Crippen molar-refractivity contribution in [1.29, 1.82) is 0 Å². The van der Waals surface area contributed by atoms with Crippen LogP contribution in [0.25, 0.3) is 22.3 Å². The lowest BCUT2D eigenvalue weighted by Gasteiger charge is -2.19. The summed E-state index contributed by atoms with van der Waals surface area (Å²) < 4.78 is 13.1. The summed E-state index contributed by atoms with van der Waals surface area (Å²) in [6, 6.07) is 11.0. The Bertz CT molecular complexity index is 1630. The number of alkyl carbamates (subject to hydrolysis) is 1. The first-order valence-electron chi connectivity index (χ1n) is 14.3. The zero-order chi connectivity index (χ0) is 31.3. The Morgan fingerprint density at radius 2 is 1.86 bits per heavy atom. The number of rotatable bonds is 10. The Labute approximate surface area is 257 Å². The van der Waals surface area contributed by atoms with Crippen LogP contribution in [0.2, 0.25) is 5.02 Å². The molecule has 2 amide bonds. The van der Waals surface area contributed by atoms with Gasteiger partial charge in [0.2, 0.25) is 0 Å². The molecule has 0 radical (unpaired) electrons. The molecule has 0 saturated carbocycles. The minimum absolute atomic E-state index is 0.223. The van der Waals surface area contributed by atoms with Crippen LogP contribution in [0.3, 0.4) is 0 Å². The van der Waals surface area contributed by atoms with Gasteiger partial charge in [0.25, 0.3) is 5.91 Å². The third-order valence-corrected chi connectivity index (χ3v) is 6.92. The van der Waals surface area contributed by atoms with Gasteiger partial charge in [-0.1, -0.05) is 23.2 Å². The molecule has 4 rings (SSSR count). The number of hydrogen-bond acceptors (Lipinski definition) is 7. The topological polar surface area (TPSA) is 111 Å². The van der Waals surface area contributed by atoms with E-state index < -0.39 is 11.7 Å². The molecule has 1 N–H and O–H groups in total. The predicted octanol–water partition coefficient (Wildman–Crippen LogP) is 6.35. The van der Waals surface area contributed by atoms with E-state index in [1.165, 1.54) is 0 Å². The van der Waals surface area contributed by atoms with E-state index in [0.29, 0.717) is 64.9 Å². The van der Waals surface area contributed by atoms with Gasteiger partial charge in [0, 0.05) is 53.9 Å². The number of ether oxygens (including phenoxy) is 2. The van der Waals surface area contributed by atoms with Crippen LogP contribution >= 0.6 is 11.6 Å². The number of aromatic nitrogens is 4. The first-order valence-corrected chi connectivity index (χ1v) is 14.7. The van der Waals surface area contributed by atoms with E-state index in [1.54, 1.807) is 36.3 Å². The fraction of sp³-hybridized carbons (Fsp3) is 0.406. The summed E-state index contributed by atoms with van der Waals surface area (Å²) >= 11 is 6.46. The Morgan fingerprint density at radius 3 is 2.56 bits per heavy atom. The minimum atomic E-state index is -0.556. The number of aryl methyl sites for hydroxylation is 2. The van der Waals surface area contributed by atoms with E-state index in [0.717, 1.165) is 23.4 Å². The second kappa shape index (κ2) is 13.4. The molecule has 2 aromatic heterocycles. The van der Waals surface area contributed by atoms with Crippen molar-refractivity contribution >= 4 is 34.5 Å². The van der Waals surface area contributed by atoms with Gasteiger partial charge in [-0.2, -0.15) is 5.10 Å². The standard InChI is InChI=1S/C32H39ClN6O4/c1-8-39-21(3)23(18-35-39)19-38(7)30(40)28-26-14-20(2)10-11-27(26)36-29(37-28)22-15-24(33)17-25(16-22)42-13-9-12-34-31(41)43-32(4,5)6/h10-11,14-18H,8-9,12-13,19H2,1-7H3,(H,34,41). The lowest BCUT2D eigenvalue weighted by Crippen LogP contribution is -2.33. The number of carbonyl (C=O) groups is 2. The summed E-state index contributed by atoms with van der Waals surface area (Å²) in [6.45, 7) is 13.3. The summed E-state index contributed by atoms with van der Waals surface area (Å²) in [5.41, 5.74) is 4.03. The zero-order valence-electron chi connectivity index (χ0n) is 25.8. The molecule has 43 heavy (non-hydrogen) atoms. The number of halogens is 1. The van der Waals surface area contributed by atoms with Gasteiger partial charge in [0.15, 0.2) is 5.82 Å². The fourth-order valence-corrected chi connectivity index (χ4v) is 4.77. The van der Waals surface area contributed by atoms with Crippen molar-refractivity contribution in [2.45, 2.75) is 66.7 Å². The molecule has 0 unspecified atom stereocenters. The normalized spacial score (nSPS) is 11.4. The molecular weight excluding hydrogens is 568 g/mol. The number of nitrogens with one attached hydrogen (secondary N) is 1. The second-order valence-electron chi connectivity index (χ2n) is 11.5. The van der Waals surface area contributed by atoms with Crippen LogP contribution < -0.4 is 10.1 Å². The average molecular weight is 607 g/mol. The van der Waals surface area contributed by atoms with Gasteiger partial charge in [-0.25, -0.2) is 14.8 Å². The molecule has 2 aromatic carbocycles. The Hall–Kier alpha value is -4.18. The van der Waals surface area contributed by atoms with Crippen molar-refractivity contribution in [2.24, 2.45) is 0 Å². The average Bonchev–Trinajstić information content (AvgIpc) is 3.29. The molecule has 11 heteroatoms. The number of hydrogen-bond donors (Lipinski definition) is 1. The van der Waals surface area contributed by atoms with E-state index in [2.05, 4.69) is 10.4 Å². The SMILES string of the molecule is CCn1ncc(CN(C)C(=O)c2nc(-c3cc(Cl)cc(OCCCNC(=O)OC(C)(C)C)c3)nc3ccc(C)cc23)c1C. The highest BCUT2D eigenvalue weighted by atomic mass is 35.5. The van der Waals surface area contributed by atoms with Crippen molar-refractivity contribution in [3.63, 3.8) is 0 Å². The lowest BCUT2D eigenvalue weighted by molar-refractivity contribution is 0.0525. The largest absolute Gasteiger partial charge is 0.493 e. The van der Waals surface area contributed by atoms with Gasteiger partial charge < -0.3 is 19.7 Å². The number of amides is 2. The van der Waals surface area contributed by atoms with Gasteiger partial charge in [-0.05, 0) is 78.3 Å². The first kappa shape index (κ1) is 31.7. The Balaban J connectivity index is 1.55. The molecule has 10 nitrogen and oxygen atoms in total. The molecule has 2 heterocycles. The Morgan fingerprint density at radius 1 is 1.09 bits per heavy atom. The molecule has 0 aliphatic carbocycles. The molecule has 0 aliphatic rings. The molecule has 0 bridgehead atoms. The molecule has 0 fully saturated rings. The summed E-state index contributed by atoms with van der Waals surface area (Å²) in [4.78, 5) is 36.9. The number of carbonyl (C=O) groups excluding carboxylic acids is 2. The highest BCUT2D eigenvalue weighted by molar-refractivity contribution is 6.31. The van der Waals surface area contributed by atoms with Crippen LogP contribution in [0.1, 0.15) is 61.4 Å². The number of benzene rings is 2. The monoisotopic (exact) mass is 606 g/mol. The Kier molecular flexibility index (Phi) is 9.91. The van der Waals surface area contributed by atoms with Crippen LogP contribution in [0.15, 0.2) is 42.6 Å². The van der Waals surface area contributed by atoms with E-state index in [4.69, 9.17) is 31.0 Å². The maximum Gasteiger partial charge on any atom is 0.407 e.